The van der Waals surface area contributed by atoms with Crippen LogP contribution in [0.5, 0.6) is 0 Å². The van der Waals surface area contributed by atoms with E-state index in [0.717, 1.165) is 12.1 Å². The first-order valence-electron chi connectivity index (χ1n) is 10.1. The van der Waals surface area contributed by atoms with E-state index >= 15 is 0 Å². The van der Waals surface area contributed by atoms with Gasteiger partial charge in [0.15, 0.2) is 0 Å². The van der Waals surface area contributed by atoms with Crippen molar-refractivity contribution in [3.63, 3.8) is 0 Å². The normalized spacial score (nSPS) is 15.3. The van der Waals surface area contributed by atoms with Crippen LogP contribution in [-0.2, 0) is 0 Å². The van der Waals surface area contributed by atoms with Crippen molar-refractivity contribution < 1.29 is 9.21 Å². The van der Waals surface area contributed by atoms with Crippen LogP contribution in [0.4, 0.5) is 11.6 Å². The molecule has 1 atom stereocenters. The third-order valence-electron chi connectivity index (χ3n) is 5.20. The Labute approximate surface area is 184 Å². The molecule has 0 aliphatic heterocycles. The number of aromatic nitrogens is 2. The van der Waals surface area contributed by atoms with Gasteiger partial charge in [0.25, 0.3) is 11.5 Å². The van der Waals surface area contributed by atoms with Gasteiger partial charge in [0.2, 0.25) is 5.95 Å². The summed E-state index contributed by atoms with van der Waals surface area (Å²) in [5, 5.41) is 15.4. The number of rotatable bonds is 5. The third kappa shape index (κ3) is 4.37. The second-order valence-electron chi connectivity index (χ2n) is 7.66. The molecule has 160 valence electrons. The van der Waals surface area contributed by atoms with Gasteiger partial charge in [-0.05, 0) is 43.5 Å². The fraction of sp³-hybridized carbons (Fsp3) is 0.167. The summed E-state index contributed by atoms with van der Waals surface area (Å²) in [6, 6.07) is 10.3. The molecule has 1 aliphatic rings. The second kappa shape index (κ2) is 8.78. The molecule has 1 aliphatic carbocycles. The van der Waals surface area contributed by atoms with E-state index in [1.165, 1.54) is 18.1 Å². The molecule has 0 saturated heterocycles. The molecule has 0 spiro atoms. The number of nitrogens with one attached hydrogen (secondary N) is 3. The topological polar surface area (TPSA) is 124 Å². The summed E-state index contributed by atoms with van der Waals surface area (Å²) in [6.45, 7) is 4.17. The van der Waals surface area contributed by atoms with Gasteiger partial charge in [-0.15, -0.1) is 0 Å². The highest BCUT2D eigenvalue weighted by atomic mass is 16.3. The van der Waals surface area contributed by atoms with Crippen molar-refractivity contribution in [1.29, 1.82) is 5.26 Å². The Balaban J connectivity index is 1.62. The molecule has 8 nitrogen and oxygen atoms in total. The van der Waals surface area contributed by atoms with Crippen molar-refractivity contribution in [2.24, 2.45) is 5.92 Å². The summed E-state index contributed by atoms with van der Waals surface area (Å²) in [7, 11) is 0. The number of nitrogens with zero attached hydrogens (tertiary/aromatic N) is 2. The van der Waals surface area contributed by atoms with E-state index in [2.05, 4.69) is 34.4 Å². The fourth-order valence-electron chi connectivity index (χ4n) is 3.51. The summed E-state index contributed by atoms with van der Waals surface area (Å²) < 4.78 is 4.92. The Hall–Kier alpha value is -4.38. The Morgan fingerprint density at radius 2 is 2.03 bits per heavy atom. The van der Waals surface area contributed by atoms with Crippen molar-refractivity contribution in [1.82, 2.24) is 9.97 Å². The van der Waals surface area contributed by atoms with E-state index in [1.54, 1.807) is 30.3 Å². The predicted molar refractivity (Wildman–Crippen MR) is 121 cm³/mol. The van der Waals surface area contributed by atoms with Crippen LogP contribution < -0.4 is 16.2 Å². The van der Waals surface area contributed by atoms with E-state index in [9.17, 15) is 14.9 Å². The van der Waals surface area contributed by atoms with Crippen LogP contribution >= 0.6 is 0 Å². The van der Waals surface area contributed by atoms with Gasteiger partial charge in [0, 0.05) is 16.9 Å². The Morgan fingerprint density at radius 1 is 1.25 bits per heavy atom. The molecule has 1 aromatic carbocycles. The van der Waals surface area contributed by atoms with Crippen LogP contribution in [0.15, 0.2) is 75.5 Å². The standard InChI is InChI=1S/C24H21N5O3/c1-14-3-8-20(15(2)11-14)27-24-28-21(19(12-25)23(31)29-24)16-4-6-18(7-5-16)26-22(30)17-9-10-32-13-17/h3-10,13,15H,11H2,1-2H3,(H,26,30)(H2,27,28,29,31). The summed E-state index contributed by atoms with van der Waals surface area (Å²) in [5.74, 6) is 0.221. The number of hydrogen-bond acceptors (Lipinski definition) is 6. The van der Waals surface area contributed by atoms with Crippen LogP contribution in [0.3, 0.4) is 0 Å². The highest BCUT2D eigenvalue weighted by Crippen LogP contribution is 2.26. The molecule has 3 aromatic rings. The lowest BCUT2D eigenvalue weighted by Gasteiger charge is -2.21. The van der Waals surface area contributed by atoms with Gasteiger partial charge in [0.05, 0.1) is 17.5 Å². The Morgan fingerprint density at radius 3 is 2.69 bits per heavy atom. The number of carbonyl (C=O) groups is 1. The number of H-pyrrole nitrogens is 1. The first-order chi connectivity index (χ1) is 15.4. The minimum absolute atomic E-state index is 0.0767. The van der Waals surface area contributed by atoms with Gasteiger partial charge in [-0.1, -0.05) is 30.7 Å². The average Bonchev–Trinajstić information content (AvgIpc) is 3.31. The average molecular weight is 427 g/mol. The number of carbonyl (C=O) groups excluding carboxylic acids is 1. The maximum absolute atomic E-state index is 12.5. The zero-order chi connectivity index (χ0) is 22.7. The van der Waals surface area contributed by atoms with Gasteiger partial charge in [-0.2, -0.15) is 5.26 Å². The van der Waals surface area contributed by atoms with E-state index in [1.807, 2.05) is 18.2 Å². The molecule has 0 fully saturated rings. The first-order valence-corrected chi connectivity index (χ1v) is 10.1. The van der Waals surface area contributed by atoms with Crippen LogP contribution in [0.1, 0.15) is 36.2 Å². The Kier molecular flexibility index (Phi) is 5.73. The van der Waals surface area contributed by atoms with E-state index in [-0.39, 0.29) is 29.0 Å². The van der Waals surface area contributed by atoms with Gasteiger partial charge < -0.3 is 15.1 Å². The lowest BCUT2D eigenvalue weighted by Crippen LogP contribution is -2.20. The molecule has 8 heteroatoms. The molecule has 0 radical (unpaired) electrons. The quantitative estimate of drug-likeness (QED) is 0.553. The largest absolute Gasteiger partial charge is 0.472 e. The SMILES string of the molecule is CC1=CC=C(Nc2nc(-c3ccc(NC(=O)c4ccoc4)cc3)c(C#N)c(=O)[nH]2)C(C)C1. The molecular formula is C24H21N5O3. The van der Waals surface area contributed by atoms with Gasteiger partial charge in [0.1, 0.15) is 17.9 Å². The second-order valence-corrected chi connectivity index (χ2v) is 7.66. The van der Waals surface area contributed by atoms with Crippen LogP contribution in [0.2, 0.25) is 0 Å². The van der Waals surface area contributed by atoms with Gasteiger partial charge in [-0.3, -0.25) is 14.6 Å². The predicted octanol–water partition coefficient (Wildman–Crippen LogP) is 4.44. The van der Waals surface area contributed by atoms with E-state index in [0.29, 0.717) is 16.8 Å². The molecule has 1 unspecified atom stereocenters. The van der Waals surface area contributed by atoms with Crippen molar-refractivity contribution in [3.8, 4) is 17.3 Å². The van der Waals surface area contributed by atoms with Gasteiger partial charge in [-0.25, -0.2) is 4.98 Å². The van der Waals surface area contributed by atoms with Gasteiger partial charge >= 0.3 is 0 Å². The first kappa shape index (κ1) is 20.9. The number of anilines is 2. The fourth-order valence-corrected chi connectivity index (χ4v) is 3.51. The van der Waals surface area contributed by atoms with E-state index < -0.39 is 5.56 Å². The van der Waals surface area contributed by atoms with Crippen molar-refractivity contribution in [2.75, 3.05) is 10.6 Å². The lowest BCUT2D eigenvalue weighted by atomic mass is 9.94. The molecule has 2 heterocycles. The molecular weight excluding hydrogens is 406 g/mol. The van der Waals surface area contributed by atoms with E-state index in [4.69, 9.17) is 4.42 Å². The molecule has 1 amide bonds. The van der Waals surface area contributed by atoms with Crippen LogP contribution in [0, 0.1) is 17.2 Å². The minimum Gasteiger partial charge on any atom is -0.472 e. The number of aromatic amines is 1. The number of amides is 1. The number of allylic oxidation sites excluding steroid dienone is 4. The molecule has 4 rings (SSSR count). The molecule has 32 heavy (non-hydrogen) atoms. The maximum atomic E-state index is 12.5. The third-order valence-corrected chi connectivity index (χ3v) is 5.20. The Bertz CT molecular complexity index is 1310. The zero-order valence-electron chi connectivity index (χ0n) is 17.6. The van der Waals surface area contributed by atoms with Crippen molar-refractivity contribution >= 4 is 17.5 Å². The van der Waals surface area contributed by atoms with Crippen LogP contribution in [0.25, 0.3) is 11.3 Å². The number of nitriles is 1. The molecule has 0 bridgehead atoms. The van der Waals surface area contributed by atoms with Crippen molar-refractivity contribution in [2.45, 2.75) is 20.3 Å². The number of furan rings is 1. The summed E-state index contributed by atoms with van der Waals surface area (Å²) in [5.41, 5.74) is 3.44. The monoisotopic (exact) mass is 427 g/mol. The highest BCUT2D eigenvalue weighted by molar-refractivity contribution is 6.04. The molecule has 3 N–H and O–H groups in total. The molecule has 0 saturated carbocycles. The van der Waals surface area contributed by atoms with Crippen LogP contribution in [-0.4, -0.2) is 15.9 Å². The highest BCUT2D eigenvalue weighted by Gasteiger charge is 2.17. The summed E-state index contributed by atoms with van der Waals surface area (Å²) in [4.78, 5) is 31.8. The number of benzene rings is 1. The lowest BCUT2D eigenvalue weighted by molar-refractivity contribution is 0.102. The summed E-state index contributed by atoms with van der Waals surface area (Å²) >= 11 is 0. The zero-order valence-corrected chi connectivity index (χ0v) is 17.6. The summed E-state index contributed by atoms with van der Waals surface area (Å²) in [6.07, 6.45) is 7.70. The molecule has 2 aromatic heterocycles. The number of hydrogen-bond donors (Lipinski definition) is 3. The minimum atomic E-state index is -0.520. The maximum Gasteiger partial charge on any atom is 0.270 e. The smallest absolute Gasteiger partial charge is 0.270 e. The van der Waals surface area contributed by atoms with Crippen molar-refractivity contribution in [3.05, 3.63) is 87.8 Å².